The van der Waals surface area contributed by atoms with Crippen molar-refractivity contribution in [3.63, 3.8) is 0 Å². The zero-order valence-electron chi connectivity index (χ0n) is 38.7. The summed E-state index contributed by atoms with van der Waals surface area (Å²) in [6.45, 7) is 4.17. The molecule has 1 aliphatic rings. The first-order chi connectivity index (χ1) is 33.3. The fourth-order valence-electron chi connectivity index (χ4n) is 9.09. The molecule has 0 nitrogen and oxygen atoms in total. The van der Waals surface area contributed by atoms with Gasteiger partial charge in [0.1, 0.15) is 0 Å². The van der Waals surface area contributed by atoms with Crippen LogP contribution in [0.3, 0.4) is 0 Å². The molecule has 1 aliphatic carbocycles. The molecule has 0 atom stereocenters. The molecular weight excluding hydrogens is 1060 g/mol. The van der Waals surface area contributed by atoms with Crippen molar-refractivity contribution in [1.29, 1.82) is 0 Å². The lowest BCUT2D eigenvalue weighted by Crippen LogP contribution is -2.25. The second kappa shape index (κ2) is 22.8. The molecule has 0 aliphatic heterocycles. The SMILES string of the molecule is CCCCCCCCC1(CCCCCCCC)c2cc(-c3cc(C(F)(F)F)cc(C(F)(F)F)c3)ccc2-c2ccc(-c3cc(C(F)(F)F)cc(C(F)(F)F)c3)cc21.FC(F)(F)c1cc(Br)cc(C(F)(F)F)c1. The summed E-state index contributed by atoms with van der Waals surface area (Å²) in [5, 5.41) is 0. The zero-order chi connectivity index (χ0) is 53.7. The van der Waals surface area contributed by atoms with Gasteiger partial charge in [-0.2, -0.15) is 79.0 Å². The van der Waals surface area contributed by atoms with E-state index in [1.54, 1.807) is 24.3 Å². The number of alkyl halides is 18. The van der Waals surface area contributed by atoms with E-state index in [1.165, 1.54) is 12.1 Å². The Labute approximate surface area is 413 Å². The molecular formula is C53H49BrF18. The molecule has 5 aromatic carbocycles. The van der Waals surface area contributed by atoms with Crippen molar-refractivity contribution >= 4 is 15.9 Å². The predicted octanol–water partition coefficient (Wildman–Crippen LogP) is 21.4. The molecule has 0 bridgehead atoms. The normalized spacial score (nSPS) is 14.0. The Balaban J connectivity index is 0.000000548. The van der Waals surface area contributed by atoms with Crippen LogP contribution in [0.25, 0.3) is 33.4 Å². The van der Waals surface area contributed by atoms with E-state index in [-0.39, 0.29) is 44.9 Å². The Kier molecular flexibility index (Phi) is 18.5. The minimum Gasteiger partial charge on any atom is -0.166 e. The molecule has 0 radical (unpaired) electrons. The van der Waals surface area contributed by atoms with Gasteiger partial charge < -0.3 is 0 Å². The molecule has 0 saturated heterocycles. The van der Waals surface area contributed by atoms with Crippen molar-refractivity contribution < 1.29 is 79.0 Å². The lowest BCUT2D eigenvalue weighted by Gasteiger charge is -2.33. The molecule has 0 heterocycles. The summed E-state index contributed by atoms with van der Waals surface area (Å²) < 4.78 is 240. The highest BCUT2D eigenvalue weighted by Crippen LogP contribution is 2.56. The minimum absolute atomic E-state index is 0.0742. The van der Waals surface area contributed by atoms with E-state index < -0.39 is 75.9 Å². The summed E-state index contributed by atoms with van der Waals surface area (Å²) in [4.78, 5) is 0. The van der Waals surface area contributed by atoms with Crippen LogP contribution in [0.15, 0.2) is 95.5 Å². The maximum Gasteiger partial charge on any atom is 0.416 e. The standard InChI is InChI=1S/C45H46F12.C8H3BrF6/c1-3-5-7-9-11-13-19-41(20-14-12-10-8-6-4-2)39-25-29(31-21-33(42(46,47)48)27-34(22-31)43(49,50)51)15-17-37(39)38-18-16-30(26-40(38)41)32-23-35(44(52,53)54)28-36(24-32)45(55,56)57;9-6-2-4(7(10,11)12)1-5(3-6)8(13,14)15/h15-18,21-28H,3-14,19-20H2,1-2H3;1-3H. The van der Waals surface area contributed by atoms with Gasteiger partial charge in [-0.05, 0) is 124 Å². The van der Waals surface area contributed by atoms with Gasteiger partial charge >= 0.3 is 37.1 Å². The molecule has 72 heavy (non-hydrogen) atoms. The topological polar surface area (TPSA) is 0 Å². The lowest BCUT2D eigenvalue weighted by molar-refractivity contribution is -0.144. The van der Waals surface area contributed by atoms with Crippen LogP contribution < -0.4 is 0 Å². The summed E-state index contributed by atoms with van der Waals surface area (Å²) in [5.74, 6) is 0. The molecule has 0 saturated carbocycles. The lowest BCUT2D eigenvalue weighted by atomic mass is 9.70. The quantitative estimate of drug-likeness (QED) is 0.0682. The number of fused-ring (bicyclic) bond motifs is 3. The Hall–Kier alpha value is -4.68. The Bertz CT molecular complexity index is 2370. The largest absolute Gasteiger partial charge is 0.416 e. The van der Waals surface area contributed by atoms with Gasteiger partial charge in [0, 0.05) is 9.89 Å². The van der Waals surface area contributed by atoms with Crippen LogP contribution in [0.5, 0.6) is 0 Å². The highest BCUT2D eigenvalue weighted by atomic mass is 79.9. The summed E-state index contributed by atoms with van der Waals surface area (Å²) in [7, 11) is 0. The first-order valence-corrected chi connectivity index (χ1v) is 23.9. The Morgan fingerprint density at radius 3 is 0.861 bits per heavy atom. The first-order valence-electron chi connectivity index (χ1n) is 23.1. The van der Waals surface area contributed by atoms with Crippen LogP contribution in [-0.2, 0) is 42.5 Å². The number of hydrogen-bond acceptors (Lipinski definition) is 0. The molecule has 0 unspecified atom stereocenters. The molecule has 394 valence electrons. The van der Waals surface area contributed by atoms with Gasteiger partial charge in [0.2, 0.25) is 0 Å². The maximum absolute atomic E-state index is 13.9. The minimum atomic E-state index is -5.06. The number of rotatable bonds is 16. The Morgan fingerprint density at radius 2 is 0.583 bits per heavy atom. The van der Waals surface area contributed by atoms with Crippen molar-refractivity contribution in [1.82, 2.24) is 0 Å². The van der Waals surface area contributed by atoms with Gasteiger partial charge in [0.15, 0.2) is 0 Å². The van der Waals surface area contributed by atoms with E-state index in [2.05, 4.69) is 29.8 Å². The second-order valence-corrected chi connectivity index (χ2v) is 18.9. The number of hydrogen-bond donors (Lipinski definition) is 0. The average Bonchev–Trinajstić information content (AvgIpc) is 3.54. The van der Waals surface area contributed by atoms with E-state index in [1.807, 2.05) is 0 Å². The third kappa shape index (κ3) is 14.8. The van der Waals surface area contributed by atoms with E-state index in [0.29, 0.717) is 84.3 Å². The van der Waals surface area contributed by atoms with Gasteiger partial charge in [-0.15, -0.1) is 0 Å². The molecule has 0 fully saturated rings. The molecule has 19 heteroatoms. The number of benzene rings is 5. The molecule has 0 amide bonds. The van der Waals surface area contributed by atoms with Crippen LogP contribution in [0.2, 0.25) is 0 Å². The maximum atomic E-state index is 13.9. The summed E-state index contributed by atoms with van der Waals surface area (Å²) in [5.41, 5.74) is -7.00. The summed E-state index contributed by atoms with van der Waals surface area (Å²) >= 11 is 2.60. The smallest absolute Gasteiger partial charge is 0.166 e. The van der Waals surface area contributed by atoms with E-state index in [9.17, 15) is 79.0 Å². The number of unbranched alkanes of at least 4 members (excludes halogenated alkanes) is 10. The van der Waals surface area contributed by atoms with E-state index in [0.717, 1.165) is 64.2 Å². The molecule has 5 aromatic rings. The third-order valence-corrected chi connectivity index (χ3v) is 13.1. The first kappa shape index (κ1) is 58.2. The summed E-state index contributed by atoms with van der Waals surface area (Å²) in [6, 6.07) is 13.6. The number of halogens is 19. The Morgan fingerprint density at radius 1 is 0.319 bits per heavy atom. The third-order valence-electron chi connectivity index (χ3n) is 12.7. The van der Waals surface area contributed by atoms with Crippen LogP contribution in [0, 0.1) is 0 Å². The monoisotopic (exact) mass is 1110 g/mol. The van der Waals surface area contributed by atoms with Crippen molar-refractivity contribution in [3.05, 3.63) is 140 Å². The van der Waals surface area contributed by atoms with Gasteiger partial charge in [-0.1, -0.05) is 131 Å². The van der Waals surface area contributed by atoms with Crippen molar-refractivity contribution in [2.75, 3.05) is 0 Å². The van der Waals surface area contributed by atoms with Gasteiger partial charge in [0.05, 0.1) is 33.4 Å². The zero-order valence-corrected chi connectivity index (χ0v) is 40.3. The molecule has 0 spiro atoms. The fraction of sp³-hybridized carbons (Fsp3) is 0.434. The highest BCUT2D eigenvalue weighted by molar-refractivity contribution is 9.10. The second-order valence-electron chi connectivity index (χ2n) is 18.0. The van der Waals surface area contributed by atoms with Crippen LogP contribution in [-0.4, -0.2) is 0 Å². The van der Waals surface area contributed by atoms with Gasteiger partial charge in [-0.25, -0.2) is 0 Å². The average molecular weight is 1110 g/mol. The molecule has 0 aromatic heterocycles. The van der Waals surface area contributed by atoms with E-state index in [4.69, 9.17) is 0 Å². The molecule has 6 rings (SSSR count). The van der Waals surface area contributed by atoms with Crippen molar-refractivity contribution in [2.24, 2.45) is 0 Å². The fourth-order valence-corrected chi connectivity index (χ4v) is 9.59. The van der Waals surface area contributed by atoms with Crippen LogP contribution in [0.1, 0.15) is 148 Å². The highest BCUT2D eigenvalue weighted by Gasteiger charge is 2.44. The van der Waals surface area contributed by atoms with Crippen molar-refractivity contribution in [3.8, 4) is 33.4 Å². The van der Waals surface area contributed by atoms with E-state index >= 15 is 0 Å². The van der Waals surface area contributed by atoms with Crippen LogP contribution >= 0.6 is 15.9 Å². The molecule has 0 N–H and O–H groups in total. The van der Waals surface area contributed by atoms with Crippen molar-refractivity contribution in [2.45, 2.75) is 146 Å². The van der Waals surface area contributed by atoms with Gasteiger partial charge in [-0.3, -0.25) is 0 Å². The summed E-state index contributed by atoms with van der Waals surface area (Å²) in [6.07, 6.45) is -17.8. The predicted molar refractivity (Wildman–Crippen MR) is 244 cm³/mol. The van der Waals surface area contributed by atoms with Crippen LogP contribution in [0.4, 0.5) is 79.0 Å². The van der Waals surface area contributed by atoms with Gasteiger partial charge in [0.25, 0.3) is 0 Å².